The highest BCUT2D eigenvalue weighted by molar-refractivity contribution is 5.76. The van der Waals surface area contributed by atoms with Crippen LogP contribution in [0.25, 0.3) is 5.52 Å². The molecule has 0 atom stereocenters. The van der Waals surface area contributed by atoms with Gasteiger partial charge in [0.25, 0.3) is 0 Å². The van der Waals surface area contributed by atoms with Crippen molar-refractivity contribution >= 4 is 17.2 Å². The van der Waals surface area contributed by atoms with E-state index >= 15 is 0 Å². The normalized spacial score (nSPS) is 17.9. The van der Waals surface area contributed by atoms with Gasteiger partial charge >= 0.3 is 0 Å². The van der Waals surface area contributed by atoms with Gasteiger partial charge in [-0.1, -0.05) is 12.8 Å². The molecule has 2 N–H and O–H groups in total. The van der Waals surface area contributed by atoms with Crippen LogP contribution in [0.4, 0.5) is 11.6 Å². The van der Waals surface area contributed by atoms with Crippen molar-refractivity contribution < 1.29 is 0 Å². The predicted molar refractivity (Wildman–Crippen MR) is 88.1 cm³/mol. The minimum absolute atomic E-state index is 0.640. The fourth-order valence-electron chi connectivity index (χ4n) is 4.06. The second-order valence-corrected chi connectivity index (χ2v) is 6.66. The number of H-pyrrole nitrogens is 1. The average Bonchev–Trinajstić information content (AvgIpc) is 3.31. The van der Waals surface area contributed by atoms with Crippen molar-refractivity contribution in [3.8, 4) is 0 Å². The molecule has 0 amide bonds. The number of hydrogen-bond donors (Lipinski definition) is 2. The second-order valence-electron chi connectivity index (χ2n) is 6.66. The summed E-state index contributed by atoms with van der Waals surface area (Å²) in [5.41, 5.74) is 4.91. The second kappa shape index (κ2) is 5.08. The summed E-state index contributed by atoms with van der Waals surface area (Å²) in [4.78, 5) is 4.53. The van der Waals surface area contributed by atoms with E-state index in [1.54, 1.807) is 6.20 Å². The highest BCUT2D eigenvalue weighted by Crippen LogP contribution is 2.34. The van der Waals surface area contributed by atoms with Crippen LogP contribution in [0.5, 0.6) is 0 Å². The number of nitrogens with one attached hydrogen (secondary N) is 2. The topological polar surface area (TPSA) is 70.9 Å². The molecule has 23 heavy (non-hydrogen) atoms. The summed E-state index contributed by atoms with van der Waals surface area (Å²) in [5.74, 6) is 2.34. The Hall–Kier alpha value is -2.37. The third kappa shape index (κ3) is 2.12. The molecule has 3 heterocycles. The summed E-state index contributed by atoms with van der Waals surface area (Å²) in [6, 6.07) is 2.14. The molecule has 0 bridgehead atoms. The number of aryl methyl sites for hydroxylation is 2. The van der Waals surface area contributed by atoms with Crippen LogP contribution in [-0.4, -0.2) is 24.8 Å². The molecule has 0 aliphatic heterocycles. The van der Waals surface area contributed by atoms with Gasteiger partial charge < -0.3 is 5.32 Å². The Kier molecular flexibility index (Phi) is 2.89. The molecular formula is C17H20N6. The lowest BCUT2D eigenvalue weighted by molar-refractivity contribution is 0.693. The fourth-order valence-corrected chi connectivity index (χ4v) is 4.06. The van der Waals surface area contributed by atoms with Gasteiger partial charge in [-0.15, -0.1) is 0 Å². The minimum Gasteiger partial charge on any atom is -0.322 e. The number of anilines is 2. The van der Waals surface area contributed by atoms with Gasteiger partial charge in [0, 0.05) is 35.6 Å². The zero-order valence-electron chi connectivity index (χ0n) is 13.0. The Bertz CT molecular complexity index is 855. The molecule has 1 saturated carbocycles. The van der Waals surface area contributed by atoms with Gasteiger partial charge in [-0.3, -0.25) is 5.10 Å². The zero-order chi connectivity index (χ0) is 15.2. The van der Waals surface area contributed by atoms with E-state index in [0.29, 0.717) is 5.92 Å². The van der Waals surface area contributed by atoms with E-state index in [9.17, 15) is 0 Å². The summed E-state index contributed by atoms with van der Waals surface area (Å²) in [7, 11) is 0. The molecule has 0 radical (unpaired) electrons. The van der Waals surface area contributed by atoms with E-state index < -0.39 is 0 Å². The van der Waals surface area contributed by atoms with Crippen molar-refractivity contribution in [2.75, 3.05) is 5.32 Å². The molecule has 5 rings (SSSR count). The maximum Gasteiger partial charge on any atom is 0.158 e. The Morgan fingerprint density at radius 3 is 3.00 bits per heavy atom. The fraction of sp³-hybridized carbons (Fsp3) is 0.471. The smallest absolute Gasteiger partial charge is 0.158 e. The lowest BCUT2D eigenvalue weighted by atomic mass is 10.0. The Labute approximate surface area is 134 Å². The Morgan fingerprint density at radius 2 is 2.09 bits per heavy atom. The molecular weight excluding hydrogens is 288 g/mol. The molecule has 0 saturated heterocycles. The largest absolute Gasteiger partial charge is 0.322 e. The lowest BCUT2D eigenvalue weighted by Gasteiger charge is -2.05. The van der Waals surface area contributed by atoms with Crippen LogP contribution in [0, 0.1) is 0 Å². The van der Waals surface area contributed by atoms with Crippen LogP contribution in [0.3, 0.4) is 0 Å². The summed E-state index contributed by atoms with van der Waals surface area (Å²) >= 11 is 0. The van der Waals surface area contributed by atoms with Crippen LogP contribution in [0.15, 0.2) is 18.5 Å². The number of aromatic amines is 1. The maximum atomic E-state index is 4.67. The molecule has 1 fully saturated rings. The minimum atomic E-state index is 0.640. The van der Waals surface area contributed by atoms with E-state index in [-0.39, 0.29) is 0 Å². The molecule has 6 nitrogen and oxygen atoms in total. The van der Waals surface area contributed by atoms with Crippen molar-refractivity contribution in [3.05, 3.63) is 35.4 Å². The van der Waals surface area contributed by atoms with Gasteiger partial charge in [0.1, 0.15) is 5.52 Å². The summed E-state index contributed by atoms with van der Waals surface area (Å²) in [6.07, 6.45) is 12.3. The molecule has 3 aromatic heterocycles. The van der Waals surface area contributed by atoms with Crippen molar-refractivity contribution in [1.29, 1.82) is 0 Å². The van der Waals surface area contributed by atoms with Crippen LogP contribution in [0.1, 0.15) is 55.0 Å². The monoisotopic (exact) mass is 308 g/mol. The van der Waals surface area contributed by atoms with Crippen LogP contribution in [0.2, 0.25) is 0 Å². The average molecular weight is 308 g/mol. The lowest BCUT2D eigenvalue weighted by Crippen LogP contribution is -1.99. The molecule has 2 aliphatic carbocycles. The molecule has 0 unspecified atom stereocenters. The highest BCUT2D eigenvalue weighted by Gasteiger charge is 2.22. The van der Waals surface area contributed by atoms with Crippen LogP contribution in [-0.2, 0) is 12.8 Å². The molecule has 0 spiro atoms. The first-order valence-electron chi connectivity index (χ1n) is 8.56. The predicted octanol–water partition coefficient (Wildman–Crippen LogP) is 3.34. The third-order valence-electron chi connectivity index (χ3n) is 5.21. The first kappa shape index (κ1) is 13.1. The van der Waals surface area contributed by atoms with E-state index in [1.165, 1.54) is 49.1 Å². The van der Waals surface area contributed by atoms with Crippen molar-refractivity contribution in [2.24, 2.45) is 0 Å². The summed E-state index contributed by atoms with van der Waals surface area (Å²) < 4.78 is 1.95. The number of hydrogen-bond acceptors (Lipinski definition) is 4. The SMILES string of the molecule is c1cn2nc3c(c2c(Nc2cc(C4CCCC4)[nH]n2)n1)CCC3. The molecule has 2 aliphatic rings. The van der Waals surface area contributed by atoms with Gasteiger partial charge in [0.05, 0.1) is 5.69 Å². The molecule has 0 aromatic carbocycles. The van der Waals surface area contributed by atoms with Crippen molar-refractivity contribution in [3.63, 3.8) is 0 Å². The Balaban J connectivity index is 1.49. The van der Waals surface area contributed by atoms with E-state index in [0.717, 1.165) is 30.0 Å². The Morgan fingerprint density at radius 1 is 1.17 bits per heavy atom. The van der Waals surface area contributed by atoms with Crippen LogP contribution >= 0.6 is 0 Å². The highest BCUT2D eigenvalue weighted by atomic mass is 15.3. The number of fused-ring (bicyclic) bond motifs is 3. The number of aromatic nitrogens is 5. The summed E-state index contributed by atoms with van der Waals surface area (Å²) in [5, 5.41) is 15.7. The number of rotatable bonds is 3. The van der Waals surface area contributed by atoms with Gasteiger partial charge in [0.2, 0.25) is 0 Å². The van der Waals surface area contributed by atoms with E-state index in [1.807, 2.05) is 10.7 Å². The van der Waals surface area contributed by atoms with Crippen molar-refractivity contribution in [1.82, 2.24) is 24.8 Å². The third-order valence-corrected chi connectivity index (χ3v) is 5.21. The van der Waals surface area contributed by atoms with Crippen molar-refractivity contribution in [2.45, 2.75) is 50.9 Å². The number of nitrogens with zero attached hydrogens (tertiary/aromatic N) is 4. The quantitative estimate of drug-likeness (QED) is 0.778. The standard InChI is InChI=1S/C17H20N6/c1-2-5-11(4-1)14-10-15(21-20-14)19-17-16-12-6-3-7-13(12)22-23(16)9-8-18-17/h8-11H,1-7H2,(H2,18,19,20,21). The van der Waals surface area contributed by atoms with Gasteiger partial charge in [-0.05, 0) is 32.1 Å². The summed E-state index contributed by atoms with van der Waals surface area (Å²) in [6.45, 7) is 0. The first-order valence-corrected chi connectivity index (χ1v) is 8.56. The van der Waals surface area contributed by atoms with Crippen LogP contribution < -0.4 is 5.32 Å². The van der Waals surface area contributed by atoms with E-state index in [4.69, 9.17) is 0 Å². The zero-order valence-corrected chi connectivity index (χ0v) is 13.0. The molecule has 118 valence electrons. The van der Waals surface area contributed by atoms with Gasteiger partial charge in [0.15, 0.2) is 11.6 Å². The van der Waals surface area contributed by atoms with Gasteiger partial charge in [-0.25, -0.2) is 9.50 Å². The molecule has 3 aromatic rings. The van der Waals surface area contributed by atoms with E-state index in [2.05, 4.69) is 31.7 Å². The molecule has 6 heteroatoms. The first-order chi connectivity index (χ1) is 11.4. The maximum absolute atomic E-state index is 4.67. The van der Waals surface area contributed by atoms with Gasteiger partial charge in [-0.2, -0.15) is 10.2 Å².